The van der Waals surface area contributed by atoms with Crippen molar-refractivity contribution in [2.45, 2.75) is 59.4 Å². The monoisotopic (exact) mass is 552 g/mol. The first-order valence-corrected chi connectivity index (χ1v) is 13.1. The summed E-state index contributed by atoms with van der Waals surface area (Å²) >= 11 is 0. The zero-order valence-corrected chi connectivity index (χ0v) is 23.1. The van der Waals surface area contributed by atoms with E-state index in [0.29, 0.717) is 53.2 Å². The second-order valence-corrected chi connectivity index (χ2v) is 10.0. The maximum atomic E-state index is 14.1. The number of rotatable bonds is 7. The van der Waals surface area contributed by atoms with Crippen molar-refractivity contribution >= 4 is 5.91 Å². The van der Waals surface area contributed by atoms with Crippen LogP contribution in [0.3, 0.4) is 0 Å². The Labute approximate surface area is 230 Å². The molecule has 1 aliphatic heterocycles. The molecule has 3 aromatic heterocycles. The number of methoxy groups -OCH3 is 1. The molecule has 4 aromatic rings. The number of fused-ring (bicyclic) bond motifs is 1. The largest absolute Gasteiger partial charge is 0.497 e. The van der Waals surface area contributed by atoms with E-state index in [2.05, 4.69) is 15.1 Å². The fraction of sp³-hybridized carbons (Fsp3) is 0.379. The first-order chi connectivity index (χ1) is 19.0. The van der Waals surface area contributed by atoms with E-state index in [9.17, 15) is 18.0 Å². The molecule has 1 aliphatic rings. The first-order valence-electron chi connectivity index (χ1n) is 13.1. The van der Waals surface area contributed by atoms with Crippen LogP contribution in [0, 0.1) is 13.8 Å². The zero-order valence-electron chi connectivity index (χ0n) is 23.1. The summed E-state index contributed by atoms with van der Waals surface area (Å²) in [6.45, 7) is 8.44. The molecule has 0 unspecified atom stereocenters. The van der Waals surface area contributed by atoms with E-state index in [0.717, 1.165) is 11.4 Å². The molecule has 0 bridgehead atoms. The van der Waals surface area contributed by atoms with Gasteiger partial charge in [-0.15, -0.1) is 0 Å². The Balaban J connectivity index is 1.64. The Morgan fingerprint density at radius 3 is 2.50 bits per heavy atom. The third kappa shape index (κ3) is 4.96. The molecule has 1 aromatic carbocycles. The van der Waals surface area contributed by atoms with Crippen molar-refractivity contribution < 1.29 is 22.7 Å². The minimum Gasteiger partial charge on any atom is -0.497 e. The van der Waals surface area contributed by atoms with Crippen LogP contribution < -0.4 is 4.74 Å². The maximum Gasteiger partial charge on any atom is 0.435 e. The zero-order chi connectivity index (χ0) is 28.8. The summed E-state index contributed by atoms with van der Waals surface area (Å²) in [5.41, 5.74) is 3.57. The highest BCUT2D eigenvalue weighted by Gasteiger charge is 2.39. The summed E-state index contributed by atoms with van der Waals surface area (Å²) in [5, 5.41) is 3.84. The summed E-state index contributed by atoms with van der Waals surface area (Å²) in [7, 11) is 1.56. The molecule has 5 rings (SSSR count). The smallest absolute Gasteiger partial charge is 0.435 e. The summed E-state index contributed by atoms with van der Waals surface area (Å²) < 4.78 is 50.9. The Hall–Kier alpha value is -4.15. The predicted molar refractivity (Wildman–Crippen MR) is 143 cm³/mol. The number of amides is 1. The van der Waals surface area contributed by atoms with Crippen LogP contribution in [0.2, 0.25) is 0 Å². The lowest BCUT2D eigenvalue weighted by molar-refractivity contribution is -0.141. The van der Waals surface area contributed by atoms with Crippen LogP contribution >= 0.6 is 0 Å². The Bertz CT molecular complexity index is 1570. The van der Waals surface area contributed by atoms with Gasteiger partial charge in [-0.1, -0.05) is 0 Å². The van der Waals surface area contributed by atoms with Crippen molar-refractivity contribution in [3.8, 4) is 16.9 Å². The van der Waals surface area contributed by atoms with Gasteiger partial charge in [0.05, 0.1) is 30.9 Å². The van der Waals surface area contributed by atoms with Crippen LogP contribution in [0.15, 0.2) is 43.0 Å². The number of halogens is 3. The van der Waals surface area contributed by atoms with Crippen LogP contribution in [0.4, 0.5) is 13.2 Å². The van der Waals surface area contributed by atoms with E-state index in [1.54, 1.807) is 55.7 Å². The number of pyridine rings is 1. The Morgan fingerprint density at radius 2 is 1.85 bits per heavy atom. The van der Waals surface area contributed by atoms with Gasteiger partial charge in [0.15, 0.2) is 5.69 Å². The molecule has 0 radical (unpaired) electrons. The lowest BCUT2D eigenvalue weighted by Crippen LogP contribution is -2.40. The van der Waals surface area contributed by atoms with E-state index in [4.69, 9.17) is 4.74 Å². The van der Waals surface area contributed by atoms with Crippen molar-refractivity contribution in [1.29, 1.82) is 0 Å². The van der Waals surface area contributed by atoms with Gasteiger partial charge in [0.25, 0.3) is 5.91 Å². The fourth-order valence-corrected chi connectivity index (χ4v) is 5.21. The molecule has 0 spiro atoms. The maximum absolute atomic E-state index is 14.1. The average Bonchev–Trinajstić information content (AvgIpc) is 3.52. The van der Waals surface area contributed by atoms with Gasteiger partial charge >= 0.3 is 6.18 Å². The topological polar surface area (TPSA) is 78.1 Å². The molecule has 4 heterocycles. The fourth-order valence-electron chi connectivity index (χ4n) is 5.21. The van der Waals surface area contributed by atoms with E-state index >= 15 is 0 Å². The summed E-state index contributed by atoms with van der Waals surface area (Å²) in [5.74, 6) is 0.376. The summed E-state index contributed by atoms with van der Waals surface area (Å²) in [6, 6.07) is 6.71. The van der Waals surface area contributed by atoms with Crippen LogP contribution in [-0.2, 0) is 25.7 Å². The van der Waals surface area contributed by atoms with Crippen molar-refractivity contribution in [2.75, 3.05) is 13.7 Å². The predicted octanol–water partition coefficient (Wildman–Crippen LogP) is 5.61. The van der Waals surface area contributed by atoms with Crippen molar-refractivity contribution in [3.05, 3.63) is 82.5 Å². The Morgan fingerprint density at radius 1 is 1.10 bits per heavy atom. The van der Waals surface area contributed by atoms with Gasteiger partial charge < -0.3 is 14.2 Å². The van der Waals surface area contributed by atoms with Crippen LogP contribution in [0.1, 0.15) is 64.1 Å². The van der Waals surface area contributed by atoms with E-state index in [1.165, 1.54) is 10.9 Å². The minimum atomic E-state index is -4.64. The van der Waals surface area contributed by atoms with Gasteiger partial charge in [0, 0.05) is 54.9 Å². The number of benzene rings is 1. The summed E-state index contributed by atoms with van der Waals surface area (Å²) in [6.07, 6.45) is 0.499. The molecule has 1 amide bonds. The highest BCUT2D eigenvalue weighted by molar-refractivity contribution is 5.99. The number of hydrogen-bond donors (Lipinski definition) is 0. The lowest BCUT2D eigenvalue weighted by Gasteiger charge is -2.34. The molecule has 0 saturated carbocycles. The van der Waals surface area contributed by atoms with Gasteiger partial charge in [-0.25, -0.2) is 4.98 Å². The molecule has 0 N–H and O–H groups in total. The van der Waals surface area contributed by atoms with Gasteiger partial charge in [-0.3, -0.25) is 14.5 Å². The molecular weight excluding hydrogens is 521 g/mol. The van der Waals surface area contributed by atoms with Gasteiger partial charge in [-0.2, -0.15) is 18.3 Å². The number of nitrogens with zero attached hydrogens (tertiary/aromatic N) is 6. The van der Waals surface area contributed by atoms with Crippen LogP contribution in [-0.4, -0.2) is 48.8 Å². The number of imidazole rings is 1. The second-order valence-electron chi connectivity index (χ2n) is 10.0. The molecule has 0 aliphatic carbocycles. The number of carbonyl (C=O) groups excluding carboxylic acids is 1. The standard InChI is InChI=1S/C29H31F3N6O2/c1-6-37-15-25(27(35-37)29(30,31)32)23-11-20(14-36-16-34-17(2)18(36)3)12-24-22(23)8-10-38(28(24)39)19(4)26-13-21(40-5)7-9-33-26/h7,9,11-13,15-16,19H,6,8,10,14H2,1-5H3/t19-/m0/s1. The SMILES string of the molecule is CCn1cc(-c2cc(Cn3cnc(C)c3C)cc3c2CCN([C@@H](C)c2cc(OC)ccn2)C3=O)c(C(F)(F)F)n1. The molecule has 0 saturated heterocycles. The molecule has 11 heteroatoms. The second kappa shape index (κ2) is 10.4. The van der Waals surface area contributed by atoms with Gasteiger partial charge in [-0.05, 0) is 69.0 Å². The quantitative estimate of drug-likeness (QED) is 0.298. The third-order valence-corrected chi connectivity index (χ3v) is 7.63. The number of aromatic nitrogens is 5. The molecule has 40 heavy (non-hydrogen) atoms. The minimum absolute atomic E-state index is 0.0188. The highest BCUT2D eigenvalue weighted by atomic mass is 19.4. The van der Waals surface area contributed by atoms with Crippen molar-refractivity contribution in [3.63, 3.8) is 0 Å². The average molecular weight is 553 g/mol. The van der Waals surface area contributed by atoms with Crippen LogP contribution in [0.25, 0.3) is 11.1 Å². The number of aryl methyl sites for hydroxylation is 2. The molecular formula is C29H31F3N6O2. The molecule has 1 atom stereocenters. The highest BCUT2D eigenvalue weighted by Crippen LogP contribution is 2.41. The van der Waals surface area contributed by atoms with Crippen LogP contribution in [0.5, 0.6) is 5.75 Å². The van der Waals surface area contributed by atoms with Gasteiger partial charge in [0.1, 0.15) is 5.75 Å². The van der Waals surface area contributed by atoms with Crippen molar-refractivity contribution in [2.24, 2.45) is 0 Å². The first kappa shape index (κ1) is 27.4. The van der Waals surface area contributed by atoms with E-state index in [1.807, 2.05) is 25.3 Å². The third-order valence-electron chi connectivity index (χ3n) is 7.63. The summed E-state index contributed by atoms with van der Waals surface area (Å²) in [4.78, 5) is 24.5. The number of ether oxygens (including phenoxy) is 1. The molecule has 0 fully saturated rings. The molecule has 210 valence electrons. The number of alkyl halides is 3. The lowest BCUT2D eigenvalue weighted by atomic mass is 9.87. The van der Waals surface area contributed by atoms with E-state index < -0.39 is 11.9 Å². The Kier molecular flexibility index (Phi) is 7.16. The van der Waals surface area contributed by atoms with Gasteiger partial charge in [0.2, 0.25) is 0 Å². The number of hydrogen-bond acceptors (Lipinski definition) is 5. The van der Waals surface area contributed by atoms with Crippen molar-refractivity contribution in [1.82, 2.24) is 29.2 Å². The van der Waals surface area contributed by atoms with E-state index in [-0.39, 0.29) is 24.1 Å². The normalized spacial score (nSPS) is 14.4. The number of carbonyl (C=O) groups is 1. The molecule has 8 nitrogen and oxygen atoms in total.